The Morgan fingerprint density at radius 2 is 1.43 bits per heavy atom. The van der Waals surface area contributed by atoms with E-state index >= 15 is 0 Å². The van der Waals surface area contributed by atoms with Crippen LogP contribution >= 0.6 is 0 Å². The Bertz CT molecular complexity index is 519. The lowest BCUT2D eigenvalue weighted by atomic mass is 10.2. The molecule has 0 radical (unpaired) electrons. The number of esters is 1. The van der Waals surface area contributed by atoms with E-state index in [2.05, 4.69) is 4.74 Å². The molecule has 3 nitrogen and oxygen atoms in total. The number of nitrogens with zero attached hydrogens (tertiary/aromatic N) is 1. The highest BCUT2D eigenvalue weighted by Crippen LogP contribution is 2.31. The minimum atomic E-state index is -2.24. The second kappa shape index (κ2) is 6.73. The summed E-state index contributed by atoms with van der Waals surface area (Å²) in [6, 6.07) is -0.692. The number of hydrogen-bond donors (Lipinski definition) is 0. The highest BCUT2D eigenvalue weighted by atomic mass is 19.2. The molecular weight excluding hydrogens is 297 g/mol. The highest BCUT2D eigenvalue weighted by Gasteiger charge is 2.31. The highest BCUT2D eigenvalue weighted by molar-refractivity contribution is 5.76. The third kappa shape index (κ3) is 3.43. The molecule has 0 saturated heterocycles. The molecule has 0 heterocycles. The van der Waals surface area contributed by atoms with Gasteiger partial charge in [-0.05, 0) is 20.8 Å². The maximum atomic E-state index is 13.7. The van der Waals surface area contributed by atoms with Crippen molar-refractivity contribution >= 4 is 11.7 Å². The zero-order chi connectivity index (χ0) is 16.3. The van der Waals surface area contributed by atoms with Crippen molar-refractivity contribution in [2.75, 3.05) is 18.1 Å². The van der Waals surface area contributed by atoms with Crippen LogP contribution in [0.1, 0.15) is 20.8 Å². The number of rotatable bonds is 5. The Labute approximate surface area is 118 Å². The van der Waals surface area contributed by atoms with E-state index in [-0.39, 0.29) is 6.61 Å². The zero-order valence-corrected chi connectivity index (χ0v) is 11.6. The molecule has 1 aromatic rings. The first-order valence-electron chi connectivity index (χ1n) is 6.16. The Hall–Kier alpha value is -1.86. The van der Waals surface area contributed by atoms with E-state index in [1.807, 2.05) is 0 Å². The fourth-order valence-corrected chi connectivity index (χ4v) is 1.71. The monoisotopic (exact) mass is 311 g/mol. The molecule has 0 bridgehead atoms. The number of anilines is 1. The van der Waals surface area contributed by atoms with Crippen molar-refractivity contribution in [3.8, 4) is 0 Å². The number of carbonyl (C=O) groups excluding carboxylic acids is 1. The summed E-state index contributed by atoms with van der Waals surface area (Å²) in [7, 11) is 0. The standard InChI is InChI=1S/C13H14F5NO2/c1-4-21-7(20)5-19(6(2)3)13-11(17)9(15)8(14)10(16)12(13)18/h6H,4-5H2,1-3H3. The van der Waals surface area contributed by atoms with Gasteiger partial charge in [0.15, 0.2) is 23.3 Å². The topological polar surface area (TPSA) is 29.5 Å². The molecule has 0 N–H and O–H groups in total. The summed E-state index contributed by atoms with van der Waals surface area (Å²) in [4.78, 5) is 12.2. The molecule has 1 rings (SSSR count). The van der Waals surface area contributed by atoms with Gasteiger partial charge in [-0.25, -0.2) is 22.0 Å². The van der Waals surface area contributed by atoms with Crippen LogP contribution in [0.15, 0.2) is 0 Å². The van der Waals surface area contributed by atoms with Crippen LogP contribution in [0.2, 0.25) is 0 Å². The van der Waals surface area contributed by atoms with Crippen molar-refractivity contribution in [1.29, 1.82) is 0 Å². The predicted molar refractivity (Wildman–Crippen MR) is 65.3 cm³/mol. The van der Waals surface area contributed by atoms with Gasteiger partial charge in [0.25, 0.3) is 0 Å². The smallest absolute Gasteiger partial charge is 0.325 e. The van der Waals surface area contributed by atoms with E-state index in [1.54, 1.807) is 0 Å². The number of halogens is 5. The lowest BCUT2D eigenvalue weighted by Gasteiger charge is -2.28. The molecule has 0 amide bonds. The van der Waals surface area contributed by atoms with Crippen molar-refractivity contribution in [2.45, 2.75) is 26.8 Å². The lowest BCUT2D eigenvalue weighted by Crippen LogP contribution is -2.38. The maximum Gasteiger partial charge on any atom is 0.325 e. The third-order valence-corrected chi connectivity index (χ3v) is 2.70. The number of hydrogen-bond acceptors (Lipinski definition) is 3. The molecule has 0 aromatic heterocycles. The van der Waals surface area contributed by atoms with E-state index < -0.39 is 53.3 Å². The van der Waals surface area contributed by atoms with Gasteiger partial charge in [-0.1, -0.05) is 0 Å². The summed E-state index contributed by atoms with van der Waals surface area (Å²) in [5.41, 5.74) is -1.14. The van der Waals surface area contributed by atoms with Crippen molar-refractivity contribution in [3.63, 3.8) is 0 Å². The summed E-state index contributed by atoms with van der Waals surface area (Å²) in [5, 5.41) is 0. The van der Waals surface area contributed by atoms with E-state index in [0.29, 0.717) is 0 Å². The van der Waals surface area contributed by atoms with Gasteiger partial charge in [0.05, 0.1) is 6.61 Å². The first-order chi connectivity index (χ1) is 9.72. The molecule has 0 atom stereocenters. The minimum Gasteiger partial charge on any atom is -0.465 e. The molecule has 0 aliphatic carbocycles. The zero-order valence-electron chi connectivity index (χ0n) is 11.6. The quantitative estimate of drug-likeness (QED) is 0.362. The summed E-state index contributed by atoms with van der Waals surface area (Å²) < 4.78 is 71.5. The van der Waals surface area contributed by atoms with E-state index in [9.17, 15) is 26.7 Å². The number of ether oxygens (including phenoxy) is 1. The third-order valence-electron chi connectivity index (χ3n) is 2.70. The molecule has 0 saturated carbocycles. The predicted octanol–water partition coefficient (Wildman–Crippen LogP) is 3.16. The van der Waals surface area contributed by atoms with Crippen LogP contribution in [0.5, 0.6) is 0 Å². The summed E-state index contributed by atoms with van der Waals surface area (Å²) in [6.45, 7) is 3.80. The van der Waals surface area contributed by atoms with Crippen LogP contribution in [0.25, 0.3) is 0 Å². The molecule has 0 aliphatic rings. The van der Waals surface area contributed by atoms with Gasteiger partial charge in [-0.3, -0.25) is 4.79 Å². The minimum absolute atomic E-state index is 0.0296. The normalized spacial score (nSPS) is 10.9. The Morgan fingerprint density at radius 1 is 1.00 bits per heavy atom. The maximum absolute atomic E-state index is 13.7. The molecule has 0 aliphatic heterocycles. The first kappa shape index (κ1) is 17.2. The van der Waals surface area contributed by atoms with Gasteiger partial charge < -0.3 is 9.64 Å². The molecule has 8 heteroatoms. The van der Waals surface area contributed by atoms with Gasteiger partial charge in [0.1, 0.15) is 12.2 Å². The van der Waals surface area contributed by atoms with Gasteiger partial charge >= 0.3 is 5.97 Å². The number of carbonyl (C=O) groups is 1. The van der Waals surface area contributed by atoms with E-state index in [0.717, 1.165) is 4.90 Å². The second-order valence-electron chi connectivity index (χ2n) is 4.45. The van der Waals surface area contributed by atoms with Crippen molar-refractivity contribution < 1.29 is 31.5 Å². The van der Waals surface area contributed by atoms with Crippen LogP contribution in [0.3, 0.4) is 0 Å². The summed E-state index contributed by atoms with van der Waals surface area (Å²) in [5.74, 6) is -11.2. The SMILES string of the molecule is CCOC(=O)CN(c1c(F)c(F)c(F)c(F)c1F)C(C)C. The molecule has 0 fully saturated rings. The van der Waals surface area contributed by atoms with Crippen LogP contribution < -0.4 is 4.90 Å². The molecule has 118 valence electrons. The second-order valence-corrected chi connectivity index (χ2v) is 4.45. The summed E-state index contributed by atoms with van der Waals surface area (Å²) >= 11 is 0. The lowest BCUT2D eigenvalue weighted by molar-refractivity contribution is -0.141. The summed E-state index contributed by atoms with van der Waals surface area (Å²) in [6.07, 6.45) is 0. The van der Waals surface area contributed by atoms with Crippen molar-refractivity contribution in [1.82, 2.24) is 0 Å². The van der Waals surface area contributed by atoms with Gasteiger partial charge in [0.2, 0.25) is 5.82 Å². The molecular formula is C13H14F5NO2. The molecule has 0 unspecified atom stereocenters. The molecule has 1 aromatic carbocycles. The van der Waals surface area contributed by atoms with Crippen LogP contribution in [-0.2, 0) is 9.53 Å². The first-order valence-corrected chi connectivity index (χ1v) is 6.16. The van der Waals surface area contributed by atoms with Crippen LogP contribution in [0.4, 0.5) is 27.6 Å². The molecule has 0 spiro atoms. The average Bonchev–Trinajstić information content (AvgIpc) is 2.42. The largest absolute Gasteiger partial charge is 0.465 e. The van der Waals surface area contributed by atoms with Gasteiger partial charge in [-0.15, -0.1) is 0 Å². The Kier molecular flexibility index (Phi) is 5.51. The van der Waals surface area contributed by atoms with Gasteiger partial charge in [-0.2, -0.15) is 0 Å². The van der Waals surface area contributed by atoms with Crippen molar-refractivity contribution in [2.24, 2.45) is 0 Å². The number of benzene rings is 1. The van der Waals surface area contributed by atoms with Gasteiger partial charge in [0, 0.05) is 6.04 Å². The van der Waals surface area contributed by atoms with E-state index in [1.165, 1.54) is 20.8 Å². The van der Waals surface area contributed by atoms with E-state index in [4.69, 9.17) is 0 Å². The average molecular weight is 311 g/mol. The van der Waals surface area contributed by atoms with Crippen LogP contribution in [-0.4, -0.2) is 25.2 Å². The fraction of sp³-hybridized carbons (Fsp3) is 0.462. The Balaban J connectivity index is 3.36. The van der Waals surface area contributed by atoms with Crippen molar-refractivity contribution in [3.05, 3.63) is 29.1 Å². The van der Waals surface area contributed by atoms with Crippen LogP contribution in [0, 0.1) is 29.1 Å². The molecule has 21 heavy (non-hydrogen) atoms. The Morgan fingerprint density at radius 3 is 1.81 bits per heavy atom. The fourth-order valence-electron chi connectivity index (χ4n) is 1.71.